The van der Waals surface area contributed by atoms with Crippen molar-refractivity contribution in [3.8, 4) is 22.6 Å². The van der Waals surface area contributed by atoms with Crippen molar-refractivity contribution in [1.29, 1.82) is 0 Å². The highest BCUT2D eigenvalue weighted by Crippen LogP contribution is 2.25. The Bertz CT molecular complexity index is 1190. The molecule has 0 aliphatic heterocycles. The Morgan fingerprint density at radius 2 is 1.18 bits per heavy atom. The molecule has 0 amide bonds. The van der Waals surface area contributed by atoms with Crippen LogP contribution in [0.3, 0.4) is 0 Å². The molecule has 5 nitrogen and oxygen atoms in total. The van der Waals surface area contributed by atoms with E-state index in [1.165, 1.54) is 56.4 Å². The molecule has 0 N–H and O–H groups in total. The molecule has 208 valence electrons. The first kappa shape index (κ1) is 29.7. The zero-order valence-corrected chi connectivity index (χ0v) is 22.1. The van der Waals surface area contributed by atoms with E-state index in [4.69, 9.17) is 9.47 Å². The van der Waals surface area contributed by atoms with Crippen molar-refractivity contribution in [2.24, 2.45) is 0 Å². The molecule has 39 heavy (non-hydrogen) atoms. The number of hydrogen-bond donors (Lipinski definition) is 0. The molecule has 1 unspecified atom stereocenters. The maximum absolute atomic E-state index is 12.6. The molecule has 3 aromatic carbocycles. The maximum atomic E-state index is 12.6. The van der Waals surface area contributed by atoms with Crippen LogP contribution in [0.1, 0.15) is 73.1 Å². The molecule has 1 atom stereocenters. The monoisotopic (exact) mass is 542 g/mol. The molecule has 0 saturated heterocycles. The zero-order chi connectivity index (χ0) is 28.3. The third-order valence-corrected chi connectivity index (χ3v) is 6.12. The van der Waals surface area contributed by atoms with E-state index in [1.54, 1.807) is 12.1 Å². The fourth-order valence-corrected chi connectivity index (χ4v) is 3.74. The number of hydrogen-bond acceptors (Lipinski definition) is 5. The van der Waals surface area contributed by atoms with Crippen LogP contribution in [0.4, 0.5) is 13.2 Å². The third kappa shape index (κ3) is 9.46. The Hall–Kier alpha value is -3.81. The van der Waals surface area contributed by atoms with Gasteiger partial charge in [0.1, 0.15) is 11.5 Å². The van der Waals surface area contributed by atoms with Gasteiger partial charge in [0.05, 0.1) is 17.7 Å². The molecule has 0 bridgehead atoms. The summed E-state index contributed by atoms with van der Waals surface area (Å²) in [5.41, 5.74) is 2.13. The van der Waals surface area contributed by atoms with E-state index in [0.29, 0.717) is 12.2 Å². The van der Waals surface area contributed by atoms with Gasteiger partial charge < -0.3 is 14.2 Å². The number of rotatable bonds is 13. The Labute approximate surface area is 226 Å². The van der Waals surface area contributed by atoms with E-state index in [9.17, 15) is 22.8 Å². The number of alkyl halides is 3. The van der Waals surface area contributed by atoms with Crippen LogP contribution in [0.25, 0.3) is 11.1 Å². The lowest BCUT2D eigenvalue weighted by atomic mass is 10.0. The van der Waals surface area contributed by atoms with Gasteiger partial charge in [0.25, 0.3) is 0 Å². The van der Waals surface area contributed by atoms with Crippen molar-refractivity contribution in [2.75, 3.05) is 6.61 Å². The van der Waals surface area contributed by atoms with Crippen molar-refractivity contribution in [3.05, 3.63) is 83.9 Å². The van der Waals surface area contributed by atoms with E-state index < -0.39 is 24.2 Å². The van der Waals surface area contributed by atoms with E-state index in [0.717, 1.165) is 30.2 Å². The Kier molecular flexibility index (Phi) is 11.0. The van der Waals surface area contributed by atoms with Crippen LogP contribution in [0.15, 0.2) is 72.8 Å². The summed E-state index contributed by atoms with van der Waals surface area (Å²) in [6.45, 7) is 3.66. The van der Waals surface area contributed by atoms with Gasteiger partial charge in [0, 0.05) is 0 Å². The summed E-state index contributed by atoms with van der Waals surface area (Å²) in [7, 11) is 0. The topological polar surface area (TPSA) is 61.8 Å². The predicted molar refractivity (Wildman–Crippen MR) is 143 cm³/mol. The molecular weight excluding hydrogens is 509 g/mol. The van der Waals surface area contributed by atoms with Gasteiger partial charge in [-0.05, 0) is 73.0 Å². The SMILES string of the molecule is CCCCCCCCOc1ccc(-c2ccc(C(=O)Oc3ccc(C(=O)OC(C)C(F)(F)F)cc3)cc2)cc1. The first-order valence-electron chi connectivity index (χ1n) is 13.1. The second-order valence-corrected chi connectivity index (χ2v) is 9.22. The van der Waals surface area contributed by atoms with Crippen LogP contribution in [-0.2, 0) is 4.74 Å². The normalized spacial score (nSPS) is 12.0. The second kappa shape index (κ2) is 14.4. The first-order valence-corrected chi connectivity index (χ1v) is 13.1. The van der Waals surface area contributed by atoms with Crippen LogP contribution in [-0.4, -0.2) is 30.8 Å². The molecule has 0 radical (unpaired) electrons. The number of unbranched alkanes of at least 4 members (excludes halogenated alkanes) is 5. The van der Waals surface area contributed by atoms with Gasteiger partial charge in [-0.2, -0.15) is 13.2 Å². The summed E-state index contributed by atoms with van der Waals surface area (Å²) in [6, 6.07) is 19.8. The van der Waals surface area contributed by atoms with Gasteiger partial charge in [-0.1, -0.05) is 63.3 Å². The number of esters is 2. The van der Waals surface area contributed by atoms with Crippen LogP contribution >= 0.6 is 0 Å². The second-order valence-electron chi connectivity index (χ2n) is 9.22. The van der Waals surface area contributed by atoms with E-state index in [-0.39, 0.29) is 11.3 Å². The maximum Gasteiger partial charge on any atom is 0.425 e. The fraction of sp³-hybridized carbons (Fsp3) is 0.355. The average molecular weight is 543 g/mol. The van der Waals surface area contributed by atoms with Crippen molar-refractivity contribution >= 4 is 11.9 Å². The minimum Gasteiger partial charge on any atom is -0.494 e. The summed E-state index contributed by atoms with van der Waals surface area (Å²) in [5.74, 6) is -0.769. The summed E-state index contributed by atoms with van der Waals surface area (Å²) in [4.78, 5) is 24.4. The van der Waals surface area contributed by atoms with Crippen LogP contribution in [0, 0.1) is 0 Å². The minimum atomic E-state index is -4.65. The predicted octanol–water partition coefficient (Wildman–Crippen LogP) is 8.42. The molecule has 3 rings (SSSR count). The highest BCUT2D eigenvalue weighted by Gasteiger charge is 2.39. The van der Waals surface area contributed by atoms with Crippen molar-refractivity contribution in [2.45, 2.75) is 64.7 Å². The van der Waals surface area contributed by atoms with E-state index in [1.807, 2.05) is 36.4 Å². The van der Waals surface area contributed by atoms with Crippen molar-refractivity contribution in [1.82, 2.24) is 0 Å². The first-order chi connectivity index (χ1) is 18.7. The minimum absolute atomic E-state index is 0.0888. The molecule has 0 aliphatic rings. The lowest BCUT2D eigenvalue weighted by molar-refractivity contribution is -0.198. The number of benzene rings is 3. The molecule has 8 heteroatoms. The highest BCUT2D eigenvalue weighted by atomic mass is 19.4. The summed E-state index contributed by atoms with van der Waals surface area (Å²) >= 11 is 0. The van der Waals surface area contributed by atoms with Crippen LogP contribution in [0.5, 0.6) is 11.5 Å². The van der Waals surface area contributed by atoms with Gasteiger partial charge >= 0.3 is 18.1 Å². The number of halogens is 3. The Morgan fingerprint density at radius 1 is 0.692 bits per heavy atom. The zero-order valence-electron chi connectivity index (χ0n) is 22.1. The third-order valence-electron chi connectivity index (χ3n) is 6.12. The van der Waals surface area contributed by atoms with Crippen molar-refractivity contribution < 1.29 is 37.0 Å². The Balaban J connectivity index is 1.49. The number of carbonyl (C=O) groups is 2. The largest absolute Gasteiger partial charge is 0.494 e. The van der Waals surface area contributed by atoms with Gasteiger partial charge in [-0.25, -0.2) is 9.59 Å². The molecule has 0 saturated carbocycles. The molecule has 0 aromatic heterocycles. The average Bonchev–Trinajstić information content (AvgIpc) is 2.93. The quantitative estimate of drug-likeness (QED) is 0.123. The molecule has 0 spiro atoms. The van der Waals surface area contributed by atoms with Crippen molar-refractivity contribution in [3.63, 3.8) is 0 Å². The highest BCUT2D eigenvalue weighted by molar-refractivity contribution is 5.92. The van der Waals surface area contributed by atoms with Gasteiger partial charge in [0.2, 0.25) is 0 Å². The summed E-state index contributed by atoms with van der Waals surface area (Å²) < 4.78 is 53.3. The lowest BCUT2D eigenvalue weighted by Crippen LogP contribution is -2.30. The number of ether oxygens (including phenoxy) is 3. The molecule has 0 heterocycles. The van der Waals surface area contributed by atoms with Gasteiger partial charge in [-0.15, -0.1) is 0 Å². The number of carbonyl (C=O) groups excluding carboxylic acids is 2. The van der Waals surface area contributed by atoms with Crippen LogP contribution in [0.2, 0.25) is 0 Å². The smallest absolute Gasteiger partial charge is 0.425 e. The Morgan fingerprint density at radius 3 is 1.77 bits per heavy atom. The standard InChI is InChI=1S/C31H33F3O5/c1-3-4-5-6-7-8-21-37-27-17-13-24(14-18-27)23-9-11-25(12-10-23)30(36)39-28-19-15-26(16-20-28)29(35)38-22(2)31(32,33)34/h9-20,22H,3-8,21H2,1-2H3. The summed E-state index contributed by atoms with van der Waals surface area (Å²) in [6.07, 6.45) is 0.400. The fourth-order valence-electron chi connectivity index (χ4n) is 3.74. The molecule has 3 aromatic rings. The molecule has 0 fully saturated rings. The lowest BCUT2D eigenvalue weighted by Gasteiger charge is -2.16. The van der Waals surface area contributed by atoms with E-state index >= 15 is 0 Å². The van der Waals surface area contributed by atoms with Gasteiger partial charge in [-0.3, -0.25) is 0 Å². The van der Waals surface area contributed by atoms with Gasteiger partial charge in [0.15, 0.2) is 6.10 Å². The van der Waals surface area contributed by atoms with E-state index in [2.05, 4.69) is 11.7 Å². The summed E-state index contributed by atoms with van der Waals surface area (Å²) in [5, 5.41) is 0. The van der Waals surface area contributed by atoms with Crippen LogP contribution < -0.4 is 9.47 Å². The molecule has 0 aliphatic carbocycles. The molecular formula is C31H33F3O5.